The summed E-state index contributed by atoms with van der Waals surface area (Å²) < 4.78 is 0. The van der Waals surface area contributed by atoms with Gasteiger partial charge in [0.2, 0.25) is 5.56 Å². The van der Waals surface area contributed by atoms with Crippen molar-refractivity contribution in [2.75, 3.05) is 18.0 Å². The molecule has 0 radical (unpaired) electrons. The summed E-state index contributed by atoms with van der Waals surface area (Å²) >= 11 is 0. The minimum absolute atomic E-state index is 0.101. The van der Waals surface area contributed by atoms with Gasteiger partial charge in [-0.1, -0.05) is 6.58 Å². The van der Waals surface area contributed by atoms with Gasteiger partial charge in [0.15, 0.2) is 5.78 Å². The predicted molar refractivity (Wildman–Crippen MR) is 97.7 cm³/mol. The Labute approximate surface area is 144 Å². The van der Waals surface area contributed by atoms with Crippen LogP contribution in [0.2, 0.25) is 0 Å². The molecule has 1 saturated heterocycles. The molecular weight excluding hydrogens is 316 g/mol. The zero-order chi connectivity index (χ0) is 17.4. The largest absolute Gasteiger partial charge is 0.370 e. The van der Waals surface area contributed by atoms with Crippen molar-refractivity contribution in [1.29, 1.82) is 0 Å². The van der Waals surface area contributed by atoms with Crippen LogP contribution in [0.3, 0.4) is 0 Å². The molecule has 3 aromatic heterocycles. The summed E-state index contributed by atoms with van der Waals surface area (Å²) in [5.74, 6) is 0.482. The number of pyridine rings is 2. The maximum absolute atomic E-state index is 11.4. The van der Waals surface area contributed by atoms with Crippen LogP contribution in [0.25, 0.3) is 22.2 Å². The minimum atomic E-state index is -0.122. The van der Waals surface area contributed by atoms with E-state index in [-0.39, 0.29) is 11.3 Å². The highest BCUT2D eigenvalue weighted by molar-refractivity contribution is 5.95. The third-order valence-corrected chi connectivity index (χ3v) is 4.65. The SMILES string of the molecule is C=CC(=O)CC1CN(c2cnc3[nH]cc(-c4ccc(=O)[nH]c4)c3c2)C1. The molecule has 6 nitrogen and oxygen atoms in total. The van der Waals surface area contributed by atoms with Crippen LogP contribution in [0, 0.1) is 5.92 Å². The fourth-order valence-corrected chi connectivity index (χ4v) is 3.26. The number of aromatic amines is 2. The quantitative estimate of drug-likeness (QED) is 0.703. The number of rotatable bonds is 5. The van der Waals surface area contributed by atoms with Crippen LogP contribution in [-0.4, -0.2) is 33.8 Å². The third-order valence-electron chi connectivity index (χ3n) is 4.65. The average molecular weight is 334 g/mol. The molecule has 0 aliphatic carbocycles. The van der Waals surface area contributed by atoms with Gasteiger partial charge in [0.05, 0.1) is 11.9 Å². The van der Waals surface area contributed by atoms with Crippen molar-refractivity contribution in [3.63, 3.8) is 0 Å². The van der Waals surface area contributed by atoms with E-state index in [1.54, 1.807) is 12.3 Å². The Morgan fingerprint density at radius 1 is 1.32 bits per heavy atom. The average Bonchev–Trinajstić information content (AvgIpc) is 3.01. The van der Waals surface area contributed by atoms with E-state index in [4.69, 9.17) is 0 Å². The van der Waals surface area contributed by atoms with Gasteiger partial charge in [-0.3, -0.25) is 9.59 Å². The molecule has 2 N–H and O–H groups in total. The molecule has 1 aliphatic rings. The third kappa shape index (κ3) is 2.87. The molecule has 4 rings (SSSR count). The molecule has 0 unspecified atom stereocenters. The number of ketones is 1. The number of allylic oxidation sites excluding steroid dienone is 1. The second-order valence-corrected chi connectivity index (χ2v) is 6.38. The monoisotopic (exact) mass is 334 g/mol. The molecule has 25 heavy (non-hydrogen) atoms. The van der Waals surface area contributed by atoms with Crippen LogP contribution in [0.15, 0.2) is 54.2 Å². The zero-order valence-corrected chi connectivity index (χ0v) is 13.7. The van der Waals surface area contributed by atoms with Crippen LogP contribution < -0.4 is 10.5 Å². The number of carbonyl (C=O) groups excluding carboxylic acids is 1. The van der Waals surface area contributed by atoms with E-state index < -0.39 is 0 Å². The maximum Gasteiger partial charge on any atom is 0.247 e. The first-order chi connectivity index (χ1) is 12.1. The lowest BCUT2D eigenvalue weighted by molar-refractivity contribution is -0.115. The number of carbonyl (C=O) groups is 1. The molecular formula is C19H18N4O2. The van der Waals surface area contributed by atoms with Crippen molar-refractivity contribution in [2.45, 2.75) is 6.42 Å². The molecule has 0 saturated carbocycles. The zero-order valence-electron chi connectivity index (χ0n) is 13.7. The second-order valence-electron chi connectivity index (χ2n) is 6.38. The molecule has 1 fully saturated rings. The number of anilines is 1. The number of nitrogens with zero attached hydrogens (tertiary/aromatic N) is 2. The van der Waals surface area contributed by atoms with Gasteiger partial charge in [-0.25, -0.2) is 4.98 Å². The molecule has 4 heterocycles. The molecule has 0 aromatic carbocycles. The van der Waals surface area contributed by atoms with Crippen molar-refractivity contribution in [1.82, 2.24) is 15.0 Å². The predicted octanol–water partition coefficient (Wildman–Crippen LogP) is 2.50. The lowest BCUT2D eigenvalue weighted by Crippen LogP contribution is -2.47. The van der Waals surface area contributed by atoms with Gasteiger partial charge >= 0.3 is 0 Å². The standard InChI is InChI=1S/C19H18N4O2/c1-2-15(24)5-12-10-23(11-12)14-6-16-17(9-22-19(16)21-8-14)13-3-4-18(25)20-7-13/h2-4,6-9,12H,1,5,10-11H2,(H,20,25)(H,21,22). The number of hydrogen-bond acceptors (Lipinski definition) is 4. The van der Waals surface area contributed by atoms with Crippen molar-refractivity contribution in [3.8, 4) is 11.1 Å². The van der Waals surface area contributed by atoms with E-state index >= 15 is 0 Å². The summed E-state index contributed by atoms with van der Waals surface area (Å²) in [6.45, 7) is 5.23. The first-order valence-electron chi connectivity index (χ1n) is 8.20. The molecule has 126 valence electrons. The lowest BCUT2D eigenvalue weighted by Gasteiger charge is -2.40. The first kappa shape index (κ1) is 15.4. The van der Waals surface area contributed by atoms with Crippen molar-refractivity contribution >= 4 is 22.5 Å². The number of aromatic nitrogens is 3. The van der Waals surface area contributed by atoms with Gasteiger partial charge in [-0.2, -0.15) is 0 Å². The summed E-state index contributed by atoms with van der Waals surface area (Å²) in [5, 5.41) is 1.01. The number of nitrogens with one attached hydrogen (secondary N) is 2. The number of hydrogen-bond donors (Lipinski definition) is 2. The van der Waals surface area contributed by atoms with Gasteiger partial charge < -0.3 is 14.9 Å². The smallest absolute Gasteiger partial charge is 0.247 e. The Hall–Kier alpha value is -3.15. The Morgan fingerprint density at radius 2 is 2.16 bits per heavy atom. The first-order valence-corrected chi connectivity index (χ1v) is 8.20. The molecule has 0 bridgehead atoms. The molecule has 3 aromatic rings. The Morgan fingerprint density at radius 3 is 2.88 bits per heavy atom. The maximum atomic E-state index is 11.4. The van der Waals surface area contributed by atoms with Crippen LogP contribution in [0.1, 0.15) is 6.42 Å². The molecule has 0 spiro atoms. The summed E-state index contributed by atoms with van der Waals surface area (Å²) in [5.41, 5.74) is 3.66. The highest BCUT2D eigenvalue weighted by Gasteiger charge is 2.28. The highest BCUT2D eigenvalue weighted by Crippen LogP contribution is 2.32. The molecule has 0 atom stereocenters. The number of H-pyrrole nitrogens is 2. The van der Waals surface area contributed by atoms with Gasteiger partial charge in [-0.15, -0.1) is 0 Å². The Kier molecular flexibility index (Phi) is 3.72. The van der Waals surface area contributed by atoms with E-state index in [0.717, 1.165) is 40.9 Å². The lowest BCUT2D eigenvalue weighted by atomic mass is 9.93. The summed E-state index contributed by atoms with van der Waals surface area (Å²) in [6.07, 6.45) is 7.41. The second kappa shape index (κ2) is 6.05. The number of fused-ring (bicyclic) bond motifs is 1. The van der Waals surface area contributed by atoms with E-state index in [9.17, 15) is 9.59 Å². The fraction of sp³-hybridized carbons (Fsp3) is 0.211. The van der Waals surface area contributed by atoms with E-state index in [1.165, 1.54) is 12.1 Å². The highest BCUT2D eigenvalue weighted by atomic mass is 16.1. The van der Waals surface area contributed by atoms with Crippen molar-refractivity contribution in [2.24, 2.45) is 5.92 Å². The van der Waals surface area contributed by atoms with Crippen LogP contribution >= 0.6 is 0 Å². The summed E-state index contributed by atoms with van der Waals surface area (Å²) in [4.78, 5) is 35.3. The minimum Gasteiger partial charge on any atom is -0.370 e. The normalized spacial score (nSPS) is 14.5. The van der Waals surface area contributed by atoms with Crippen LogP contribution in [0.4, 0.5) is 5.69 Å². The van der Waals surface area contributed by atoms with Crippen molar-refractivity contribution < 1.29 is 4.79 Å². The Balaban J connectivity index is 1.59. The summed E-state index contributed by atoms with van der Waals surface area (Å²) in [7, 11) is 0. The van der Waals surface area contributed by atoms with Gasteiger partial charge in [0, 0.05) is 60.4 Å². The van der Waals surface area contributed by atoms with E-state index in [2.05, 4.69) is 32.5 Å². The van der Waals surface area contributed by atoms with E-state index in [1.807, 2.05) is 12.4 Å². The van der Waals surface area contributed by atoms with Crippen LogP contribution in [0.5, 0.6) is 0 Å². The topological polar surface area (TPSA) is 81.8 Å². The summed E-state index contributed by atoms with van der Waals surface area (Å²) in [6, 6.07) is 5.42. The van der Waals surface area contributed by atoms with Crippen LogP contribution in [-0.2, 0) is 4.79 Å². The van der Waals surface area contributed by atoms with Gasteiger partial charge in [0.1, 0.15) is 5.65 Å². The van der Waals surface area contributed by atoms with Crippen molar-refractivity contribution in [3.05, 3.63) is 59.8 Å². The fourth-order valence-electron chi connectivity index (χ4n) is 3.26. The molecule has 0 amide bonds. The van der Waals surface area contributed by atoms with Gasteiger partial charge in [-0.05, 0) is 18.2 Å². The van der Waals surface area contributed by atoms with E-state index in [0.29, 0.717) is 12.3 Å². The molecule has 6 heteroatoms. The van der Waals surface area contributed by atoms with Gasteiger partial charge in [0.25, 0.3) is 0 Å². The Bertz CT molecular complexity index is 991. The molecule has 1 aliphatic heterocycles.